The van der Waals surface area contributed by atoms with Gasteiger partial charge in [-0.25, -0.2) is 0 Å². The van der Waals surface area contributed by atoms with Gasteiger partial charge in [-0.1, -0.05) is 12.1 Å². The molecule has 0 bridgehead atoms. The minimum absolute atomic E-state index is 0.223. The first-order valence-corrected chi connectivity index (χ1v) is 8.94. The van der Waals surface area contributed by atoms with Gasteiger partial charge in [-0.2, -0.15) is 0 Å². The van der Waals surface area contributed by atoms with Gasteiger partial charge in [0, 0.05) is 12.2 Å². The summed E-state index contributed by atoms with van der Waals surface area (Å²) in [4.78, 5) is 2.46. The van der Waals surface area contributed by atoms with E-state index in [1.165, 1.54) is 24.0 Å². The minimum atomic E-state index is 0.223. The molecule has 0 saturated carbocycles. The van der Waals surface area contributed by atoms with Crippen LogP contribution in [0.25, 0.3) is 0 Å². The van der Waals surface area contributed by atoms with Gasteiger partial charge >= 0.3 is 0 Å². The van der Waals surface area contributed by atoms with Crippen molar-refractivity contribution in [2.24, 2.45) is 0 Å². The number of furan rings is 1. The SMILES string of the molecule is Cc1cccc(NC(=S)NC[C@H](c2ccco2)N2CCCC2)c1C. The van der Waals surface area contributed by atoms with E-state index in [0.717, 1.165) is 31.1 Å². The standard InChI is InChI=1S/C19H25N3OS/c1-14-7-5-8-16(15(14)2)21-19(24)20-13-17(18-9-6-12-23-18)22-10-3-4-11-22/h5-9,12,17H,3-4,10-11,13H2,1-2H3,(H2,20,21,24)/t17-/m1/s1. The summed E-state index contributed by atoms with van der Waals surface area (Å²) in [6.45, 7) is 7.19. The topological polar surface area (TPSA) is 40.4 Å². The van der Waals surface area contributed by atoms with Crippen molar-refractivity contribution in [3.63, 3.8) is 0 Å². The summed E-state index contributed by atoms with van der Waals surface area (Å²) in [7, 11) is 0. The van der Waals surface area contributed by atoms with Crippen molar-refractivity contribution in [2.45, 2.75) is 32.7 Å². The lowest BCUT2D eigenvalue weighted by atomic mass is 10.1. The van der Waals surface area contributed by atoms with Crippen LogP contribution in [0.3, 0.4) is 0 Å². The molecule has 1 aromatic carbocycles. The number of hydrogen-bond acceptors (Lipinski definition) is 3. The van der Waals surface area contributed by atoms with E-state index in [9.17, 15) is 0 Å². The first kappa shape index (κ1) is 17.0. The van der Waals surface area contributed by atoms with Crippen LogP contribution < -0.4 is 10.6 Å². The fraction of sp³-hybridized carbons (Fsp3) is 0.421. The van der Waals surface area contributed by atoms with E-state index in [1.54, 1.807) is 6.26 Å². The summed E-state index contributed by atoms with van der Waals surface area (Å²) < 4.78 is 5.65. The van der Waals surface area contributed by atoms with Gasteiger partial charge in [-0.05, 0) is 81.3 Å². The van der Waals surface area contributed by atoms with E-state index >= 15 is 0 Å². The Morgan fingerprint density at radius 1 is 1.21 bits per heavy atom. The van der Waals surface area contributed by atoms with Crippen LogP contribution in [0.4, 0.5) is 5.69 Å². The van der Waals surface area contributed by atoms with Crippen molar-refractivity contribution < 1.29 is 4.42 Å². The molecule has 1 atom stereocenters. The molecule has 0 amide bonds. The quantitative estimate of drug-likeness (QED) is 0.803. The number of benzene rings is 1. The number of likely N-dealkylation sites (tertiary alicyclic amines) is 1. The van der Waals surface area contributed by atoms with E-state index in [1.807, 2.05) is 18.2 Å². The van der Waals surface area contributed by atoms with E-state index in [2.05, 4.69) is 41.5 Å². The van der Waals surface area contributed by atoms with Crippen molar-refractivity contribution in [1.82, 2.24) is 10.2 Å². The molecule has 5 heteroatoms. The molecule has 128 valence electrons. The first-order valence-electron chi connectivity index (χ1n) is 8.53. The van der Waals surface area contributed by atoms with Gasteiger partial charge in [0.05, 0.1) is 12.3 Å². The molecular formula is C19H25N3OS. The molecule has 4 nitrogen and oxygen atoms in total. The predicted octanol–water partition coefficient (Wildman–Crippen LogP) is 4.02. The number of hydrogen-bond donors (Lipinski definition) is 2. The molecule has 1 aromatic heterocycles. The van der Waals surface area contributed by atoms with Crippen LogP contribution in [-0.2, 0) is 0 Å². The molecule has 0 spiro atoms. The van der Waals surface area contributed by atoms with E-state index in [-0.39, 0.29) is 6.04 Å². The zero-order chi connectivity index (χ0) is 16.9. The second-order valence-electron chi connectivity index (χ2n) is 6.36. The summed E-state index contributed by atoms with van der Waals surface area (Å²) in [5.41, 5.74) is 3.54. The second kappa shape index (κ2) is 7.81. The number of aryl methyl sites for hydroxylation is 1. The van der Waals surface area contributed by atoms with Crippen molar-refractivity contribution in [2.75, 3.05) is 25.0 Å². The van der Waals surface area contributed by atoms with Crippen LogP contribution in [0, 0.1) is 13.8 Å². The Morgan fingerprint density at radius 2 is 2.00 bits per heavy atom. The van der Waals surface area contributed by atoms with Gasteiger partial charge in [0.25, 0.3) is 0 Å². The highest BCUT2D eigenvalue weighted by atomic mass is 32.1. The smallest absolute Gasteiger partial charge is 0.170 e. The van der Waals surface area contributed by atoms with Crippen molar-refractivity contribution in [3.05, 3.63) is 53.5 Å². The molecule has 2 aromatic rings. The third kappa shape index (κ3) is 3.97. The minimum Gasteiger partial charge on any atom is -0.468 e. The normalized spacial score (nSPS) is 16.1. The highest BCUT2D eigenvalue weighted by Gasteiger charge is 2.25. The van der Waals surface area contributed by atoms with Crippen molar-refractivity contribution in [1.29, 1.82) is 0 Å². The number of nitrogens with zero attached hydrogens (tertiary/aromatic N) is 1. The Balaban J connectivity index is 1.62. The molecule has 1 fully saturated rings. The summed E-state index contributed by atoms with van der Waals surface area (Å²) in [5.74, 6) is 0.999. The third-order valence-electron chi connectivity index (χ3n) is 4.76. The van der Waals surface area contributed by atoms with E-state index < -0.39 is 0 Å². The van der Waals surface area contributed by atoms with Crippen LogP contribution in [0.1, 0.15) is 35.8 Å². The molecular weight excluding hydrogens is 318 g/mol. The van der Waals surface area contributed by atoms with E-state index in [4.69, 9.17) is 16.6 Å². The zero-order valence-electron chi connectivity index (χ0n) is 14.3. The summed E-state index contributed by atoms with van der Waals surface area (Å²) in [6.07, 6.45) is 4.25. The molecule has 0 radical (unpaired) electrons. The number of nitrogens with one attached hydrogen (secondary N) is 2. The number of rotatable bonds is 5. The fourth-order valence-corrected chi connectivity index (χ4v) is 3.38. The molecule has 0 unspecified atom stereocenters. The molecule has 2 N–H and O–H groups in total. The average Bonchev–Trinajstić information content (AvgIpc) is 3.26. The maximum Gasteiger partial charge on any atom is 0.170 e. The molecule has 3 rings (SSSR count). The monoisotopic (exact) mass is 343 g/mol. The summed E-state index contributed by atoms with van der Waals surface area (Å²) in [6, 6.07) is 10.4. The average molecular weight is 343 g/mol. The Kier molecular flexibility index (Phi) is 5.53. The lowest BCUT2D eigenvalue weighted by Crippen LogP contribution is -2.38. The van der Waals surface area contributed by atoms with Gasteiger partial charge < -0.3 is 15.1 Å². The van der Waals surface area contributed by atoms with Gasteiger partial charge in [0.2, 0.25) is 0 Å². The highest BCUT2D eigenvalue weighted by Crippen LogP contribution is 2.25. The van der Waals surface area contributed by atoms with Gasteiger partial charge in [0.15, 0.2) is 5.11 Å². The maximum atomic E-state index is 5.65. The molecule has 24 heavy (non-hydrogen) atoms. The van der Waals surface area contributed by atoms with Gasteiger partial charge in [-0.15, -0.1) is 0 Å². The molecule has 0 aliphatic carbocycles. The lowest BCUT2D eigenvalue weighted by Gasteiger charge is -2.26. The van der Waals surface area contributed by atoms with E-state index in [0.29, 0.717) is 5.11 Å². The van der Waals surface area contributed by atoms with Crippen molar-refractivity contribution >= 4 is 23.0 Å². The van der Waals surface area contributed by atoms with Crippen LogP contribution in [0.2, 0.25) is 0 Å². The Labute approximate surface area is 149 Å². The van der Waals surface area contributed by atoms with Crippen LogP contribution in [-0.4, -0.2) is 29.6 Å². The van der Waals surface area contributed by atoms with Crippen LogP contribution in [0.15, 0.2) is 41.0 Å². The summed E-state index contributed by atoms with van der Waals surface area (Å²) in [5, 5.41) is 7.33. The Hall–Kier alpha value is -1.85. The Bertz CT molecular complexity index is 678. The van der Waals surface area contributed by atoms with Gasteiger partial charge in [-0.3, -0.25) is 4.90 Å². The number of anilines is 1. The fourth-order valence-electron chi connectivity index (χ4n) is 3.19. The predicted molar refractivity (Wildman–Crippen MR) is 102 cm³/mol. The zero-order valence-corrected chi connectivity index (χ0v) is 15.2. The second-order valence-corrected chi connectivity index (χ2v) is 6.77. The Morgan fingerprint density at radius 3 is 2.71 bits per heavy atom. The molecule has 1 aliphatic heterocycles. The van der Waals surface area contributed by atoms with Crippen LogP contribution in [0.5, 0.6) is 0 Å². The maximum absolute atomic E-state index is 5.65. The third-order valence-corrected chi connectivity index (χ3v) is 5.01. The molecule has 1 aliphatic rings. The van der Waals surface area contributed by atoms with Crippen molar-refractivity contribution in [3.8, 4) is 0 Å². The van der Waals surface area contributed by atoms with Gasteiger partial charge in [0.1, 0.15) is 5.76 Å². The molecule has 1 saturated heterocycles. The summed E-state index contributed by atoms with van der Waals surface area (Å²) >= 11 is 5.49. The largest absolute Gasteiger partial charge is 0.468 e. The molecule has 2 heterocycles. The van der Waals surface area contributed by atoms with Crippen LogP contribution >= 0.6 is 12.2 Å². The first-order chi connectivity index (χ1) is 11.6. The highest BCUT2D eigenvalue weighted by molar-refractivity contribution is 7.80. The number of thiocarbonyl (C=S) groups is 1. The lowest BCUT2D eigenvalue weighted by molar-refractivity contribution is 0.216.